The molecule has 1 aromatic heterocycles. The highest BCUT2D eigenvalue weighted by atomic mass is 19.1. The highest BCUT2D eigenvalue weighted by molar-refractivity contribution is 6.03. The molecule has 0 amide bonds. The summed E-state index contributed by atoms with van der Waals surface area (Å²) in [5.74, 6) is -0.275. The van der Waals surface area contributed by atoms with Crippen molar-refractivity contribution in [2.24, 2.45) is 5.10 Å². The van der Waals surface area contributed by atoms with Crippen molar-refractivity contribution in [1.82, 2.24) is 5.43 Å². The van der Waals surface area contributed by atoms with Gasteiger partial charge in [0.1, 0.15) is 11.4 Å². The van der Waals surface area contributed by atoms with Crippen LogP contribution in [0.4, 0.5) is 4.39 Å². The first-order valence-corrected chi connectivity index (χ1v) is 7.31. The van der Waals surface area contributed by atoms with Crippen LogP contribution in [-0.4, -0.2) is 5.71 Å². The number of benzene rings is 2. The third-order valence-corrected chi connectivity index (χ3v) is 3.98. The zero-order valence-electron chi connectivity index (χ0n) is 12.1. The molecule has 4 rings (SSSR count). The summed E-state index contributed by atoms with van der Waals surface area (Å²) >= 11 is 0. The molecule has 1 N–H and O–H groups in total. The summed E-state index contributed by atoms with van der Waals surface area (Å²) in [6.45, 7) is 0. The van der Waals surface area contributed by atoms with E-state index in [9.17, 15) is 9.18 Å². The van der Waals surface area contributed by atoms with Crippen LogP contribution in [0.5, 0.6) is 0 Å². The lowest BCUT2D eigenvalue weighted by Crippen LogP contribution is -2.14. The molecule has 1 aliphatic rings. The molecule has 1 unspecified atom stereocenters. The molecule has 2 aromatic carbocycles. The average Bonchev–Trinajstić information content (AvgIpc) is 3.04. The minimum Gasteiger partial charge on any atom is -0.422 e. The number of rotatable bonds is 2. The molecule has 3 aromatic rings. The van der Waals surface area contributed by atoms with Gasteiger partial charge in [-0.3, -0.25) is 0 Å². The van der Waals surface area contributed by atoms with Crippen LogP contribution < -0.4 is 11.1 Å². The molecule has 0 aliphatic carbocycles. The molecule has 0 saturated heterocycles. The molecule has 4 nitrogen and oxygen atoms in total. The van der Waals surface area contributed by atoms with Gasteiger partial charge in [-0.1, -0.05) is 30.3 Å². The molecule has 0 saturated carbocycles. The molecule has 1 aliphatic heterocycles. The number of nitrogens with one attached hydrogen (secondary N) is 1. The van der Waals surface area contributed by atoms with Gasteiger partial charge in [0.25, 0.3) is 0 Å². The summed E-state index contributed by atoms with van der Waals surface area (Å²) < 4.78 is 18.4. The maximum Gasteiger partial charge on any atom is 0.345 e. The largest absolute Gasteiger partial charge is 0.422 e. The first-order chi connectivity index (χ1) is 11.2. The second kappa shape index (κ2) is 5.35. The maximum atomic E-state index is 13.0. The van der Waals surface area contributed by atoms with E-state index in [1.54, 1.807) is 24.3 Å². The van der Waals surface area contributed by atoms with Crippen molar-refractivity contribution in [3.8, 4) is 0 Å². The van der Waals surface area contributed by atoms with Crippen molar-refractivity contribution in [2.45, 2.75) is 12.5 Å². The zero-order valence-corrected chi connectivity index (χ0v) is 12.1. The number of hydrogen-bond acceptors (Lipinski definition) is 4. The number of para-hydroxylation sites is 1. The van der Waals surface area contributed by atoms with E-state index >= 15 is 0 Å². The van der Waals surface area contributed by atoms with Gasteiger partial charge in [0.05, 0.1) is 17.3 Å². The molecule has 1 atom stereocenters. The molecule has 0 bridgehead atoms. The summed E-state index contributed by atoms with van der Waals surface area (Å²) in [6, 6.07) is 15.4. The van der Waals surface area contributed by atoms with Crippen LogP contribution in [0.25, 0.3) is 11.0 Å². The van der Waals surface area contributed by atoms with Crippen molar-refractivity contribution < 1.29 is 8.81 Å². The van der Waals surface area contributed by atoms with E-state index in [0.29, 0.717) is 23.3 Å². The third kappa shape index (κ3) is 2.50. The summed E-state index contributed by atoms with van der Waals surface area (Å²) in [6.07, 6.45) is 0.550. The van der Waals surface area contributed by atoms with Crippen molar-refractivity contribution in [1.29, 1.82) is 0 Å². The minimum absolute atomic E-state index is 0.0727. The van der Waals surface area contributed by atoms with Gasteiger partial charge in [0, 0.05) is 11.8 Å². The van der Waals surface area contributed by atoms with Gasteiger partial charge >= 0.3 is 5.63 Å². The molecule has 0 fully saturated rings. The molecular weight excluding hydrogens is 295 g/mol. The Morgan fingerprint density at radius 2 is 1.91 bits per heavy atom. The van der Waals surface area contributed by atoms with Crippen molar-refractivity contribution in [3.05, 3.63) is 82.0 Å². The summed E-state index contributed by atoms with van der Waals surface area (Å²) in [7, 11) is 0. The molecule has 23 heavy (non-hydrogen) atoms. The van der Waals surface area contributed by atoms with E-state index in [1.807, 2.05) is 18.2 Å². The number of fused-ring (bicyclic) bond motifs is 1. The Morgan fingerprint density at radius 3 is 2.74 bits per heavy atom. The topological polar surface area (TPSA) is 54.6 Å². The fourth-order valence-corrected chi connectivity index (χ4v) is 2.76. The molecular formula is C18H13FN2O2. The smallest absolute Gasteiger partial charge is 0.345 e. The van der Waals surface area contributed by atoms with E-state index < -0.39 is 5.63 Å². The van der Waals surface area contributed by atoms with Crippen LogP contribution in [0.15, 0.2) is 68.9 Å². The highest BCUT2D eigenvalue weighted by Crippen LogP contribution is 2.24. The van der Waals surface area contributed by atoms with Crippen LogP contribution in [0.2, 0.25) is 0 Å². The van der Waals surface area contributed by atoms with Gasteiger partial charge in [-0.05, 0) is 29.8 Å². The normalized spacial score (nSPS) is 17.1. The van der Waals surface area contributed by atoms with E-state index in [0.717, 1.165) is 10.9 Å². The minimum atomic E-state index is -0.399. The first kappa shape index (κ1) is 13.7. The van der Waals surface area contributed by atoms with Crippen molar-refractivity contribution in [2.75, 3.05) is 0 Å². The monoisotopic (exact) mass is 308 g/mol. The summed E-state index contributed by atoms with van der Waals surface area (Å²) in [4.78, 5) is 12.2. The zero-order chi connectivity index (χ0) is 15.8. The fourth-order valence-electron chi connectivity index (χ4n) is 2.76. The van der Waals surface area contributed by atoms with Gasteiger partial charge < -0.3 is 9.84 Å². The van der Waals surface area contributed by atoms with Crippen LogP contribution in [-0.2, 0) is 0 Å². The van der Waals surface area contributed by atoms with E-state index in [4.69, 9.17) is 4.42 Å². The van der Waals surface area contributed by atoms with Gasteiger partial charge in [-0.25, -0.2) is 9.18 Å². The van der Waals surface area contributed by atoms with Crippen LogP contribution in [0, 0.1) is 5.82 Å². The lowest BCUT2D eigenvalue weighted by molar-refractivity contribution is 0.559. The highest BCUT2D eigenvalue weighted by Gasteiger charge is 2.23. The second-order valence-electron chi connectivity index (χ2n) is 5.48. The van der Waals surface area contributed by atoms with Crippen LogP contribution >= 0.6 is 0 Å². The van der Waals surface area contributed by atoms with Crippen LogP contribution in [0.3, 0.4) is 0 Å². The first-order valence-electron chi connectivity index (χ1n) is 7.31. The van der Waals surface area contributed by atoms with E-state index in [-0.39, 0.29) is 11.9 Å². The Morgan fingerprint density at radius 1 is 1.13 bits per heavy atom. The quantitative estimate of drug-likeness (QED) is 0.738. The SMILES string of the molecule is O=c1oc2ccccc2cc1C1=NNC(c2ccc(F)cc2)C1. The van der Waals surface area contributed by atoms with Crippen molar-refractivity contribution >= 4 is 16.7 Å². The molecule has 0 spiro atoms. The van der Waals surface area contributed by atoms with Gasteiger partial charge in [0.2, 0.25) is 0 Å². The van der Waals surface area contributed by atoms with Gasteiger partial charge in [0.15, 0.2) is 0 Å². The predicted molar refractivity (Wildman–Crippen MR) is 85.9 cm³/mol. The summed E-state index contributed by atoms with van der Waals surface area (Å²) in [5.41, 5.74) is 5.20. The Kier molecular flexibility index (Phi) is 3.19. The number of hydrazone groups is 1. The molecule has 5 heteroatoms. The van der Waals surface area contributed by atoms with Crippen LogP contribution in [0.1, 0.15) is 23.6 Å². The number of nitrogens with zero attached hydrogens (tertiary/aromatic N) is 1. The summed E-state index contributed by atoms with van der Waals surface area (Å²) in [5, 5.41) is 5.12. The van der Waals surface area contributed by atoms with E-state index in [2.05, 4.69) is 10.5 Å². The molecule has 0 radical (unpaired) electrons. The van der Waals surface area contributed by atoms with Gasteiger partial charge in [-0.15, -0.1) is 0 Å². The van der Waals surface area contributed by atoms with E-state index in [1.165, 1.54) is 12.1 Å². The fraction of sp³-hybridized carbons (Fsp3) is 0.111. The third-order valence-electron chi connectivity index (χ3n) is 3.98. The standard InChI is InChI=1S/C18H13FN2O2/c19-13-7-5-11(6-8-13)15-10-16(21-20-15)14-9-12-3-1-2-4-17(12)23-18(14)22/h1-9,15,20H,10H2. The lowest BCUT2D eigenvalue weighted by Gasteiger charge is -2.09. The second-order valence-corrected chi connectivity index (χ2v) is 5.48. The Bertz CT molecular complexity index is 961. The molecule has 114 valence electrons. The maximum absolute atomic E-state index is 13.0. The number of hydrogen-bond donors (Lipinski definition) is 1. The molecule has 2 heterocycles. The Balaban J connectivity index is 1.66. The Labute approximate surface area is 131 Å². The average molecular weight is 308 g/mol. The Hall–Kier alpha value is -2.95. The lowest BCUT2D eigenvalue weighted by atomic mass is 9.99. The van der Waals surface area contributed by atoms with Crippen molar-refractivity contribution in [3.63, 3.8) is 0 Å². The predicted octanol–water partition coefficient (Wildman–Crippen LogP) is 3.37. The van der Waals surface area contributed by atoms with Gasteiger partial charge in [-0.2, -0.15) is 5.10 Å². The number of halogens is 1.